The summed E-state index contributed by atoms with van der Waals surface area (Å²) < 4.78 is 6.82. The fraction of sp³-hybridized carbons (Fsp3) is 0.444. The number of hydrogen-bond donors (Lipinski definition) is 0. The minimum Gasteiger partial charge on any atom is -0.461 e. The fourth-order valence-electron chi connectivity index (χ4n) is 1.12. The van der Waals surface area contributed by atoms with E-state index in [9.17, 15) is 9.59 Å². The molecule has 0 unspecified atom stereocenters. The summed E-state index contributed by atoms with van der Waals surface area (Å²) in [4.78, 5) is 22.2. The molecule has 0 N–H and O–H groups in total. The minimum atomic E-state index is -0.576. The van der Waals surface area contributed by atoms with Crippen LogP contribution in [-0.4, -0.2) is 28.6 Å². The van der Waals surface area contributed by atoms with E-state index in [1.54, 1.807) is 6.92 Å². The predicted molar refractivity (Wildman–Crippen MR) is 56.9 cm³/mol. The lowest BCUT2D eigenvalue weighted by molar-refractivity contribution is 0.0516. The first-order valence-corrected chi connectivity index (χ1v) is 5.33. The van der Waals surface area contributed by atoms with Crippen molar-refractivity contribution >= 4 is 28.2 Å². The summed E-state index contributed by atoms with van der Waals surface area (Å²) in [5.41, 5.74) is 0.288. The molecular weight excluding hydrogens is 264 g/mol. The molecule has 0 radical (unpaired) electrons. The van der Waals surface area contributed by atoms with Gasteiger partial charge in [-0.25, -0.2) is 4.79 Å². The normalized spacial score (nSPS) is 10.1. The van der Waals surface area contributed by atoms with Crippen molar-refractivity contribution in [3.05, 3.63) is 15.9 Å². The number of esters is 1. The molecule has 1 aromatic heterocycles. The van der Waals surface area contributed by atoms with Crippen LogP contribution in [0.2, 0.25) is 0 Å². The Kier molecular flexibility index (Phi) is 4.02. The van der Waals surface area contributed by atoms with Crippen LogP contribution in [0.4, 0.5) is 0 Å². The van der Waals surface area contributed by atoms with Gasteiger partial charge in [0.25, 0.3) is 0 Å². The standard InChI is InChI=1S/C9H11BrN2O3/c1-3-12-8(10)6(5-13)7(11-12)9(14)15-4-2/h5H,3-4H2,1-2H3. The van der Waals surface area contributed by atoms with Crippen LogP contribution in [-0.2, 0) is 11.3 Å². The van der Waals surface area contributed by atoms with Crippen LogP contribution in [0, 0.1) is 0 Å². The van der Waals surface area contributed by atoms with E-state index in [2.05, 4.69) is 21.0 Å². The van der Waals surface area contributed by atoms with Gasteiger partial charge in [-0.15, -0.1) is 0 Å². The maximum absolute atomic E-state index is 11.4. The summed E-state index contributed by atoms with van der Waals surface area (Å²) in [5.74, 6) is -0.576. The predicted octanol–water partition coefficient (Wildman–Crippen LogP) is 1.65. The summed E-state index contributed by atoms with van der Waals surface area (Å²) in [5, 5.41) is 3.98. The number of aldehydes is 1. The highest BCUT2D eigenvalue weighted by Gasteiger charge is 2.21. The van der Waals surface area contributed by atoms with E-state index in [1.165, 1.54) is 4.68 Å². The van der Waals surface area contributed by atoms with Crippen molar-refractivity contribution < 1.29 is 14.3 Å². The van der Waals surface area contributed by atoms with Crippen LogP contribution in [0.25, 0.3) is 0 Å². The molecular formula is C9H11BrN2O3. The van der Waals surface area contributed by atoms with Crippen LogP contribution in [0.15, 0.2) is 4.60 Å². The smallest absolute Gasteiger partial charge is 0.359 e. The Morgan fingerprint density at radius 2 is 2.27 bits per heavy atom. The SMILES string of the molecule is CCOC(=O)c1nn(CC)c(Br)c1C=O. The molecule has 0 bridgehead atoms. The Morgan fingerprint density at radius 3 is 2.73 bits per heavy atom. The van der Waals surface area contributed by atoms with E-state index in [0.29, 0.717) is 17.4 Å². The Balaban J connectivity index is 3.17. The molecule has 0 fully saturated rings. The summed E-state index contributed by atoms with van der Waals surface area (Å²) >= 11 is 3.20. The molecule has 0 amide bonds. The molecule has 15 heavy (non-hydrogen) atoms. The molecule has 0 atom stereocenters. The highest BCUT2D eigenvalue weighted by atomic mass is 79.9. The maximum atomic E-state index is 11.4. The summed E-state index contributed by atoms with van der Waals surface area (Å²) in [7, 11) is 0. The van der Waals surface area contributed by atoms with Crippen LogP contribution in [0.5, 0.6) is 0 Å². The monoisotopic (exact) mass is 274 g/mol. The fourth-order valence-corrected chi connectivity index (χ4v) is 1.73. The first-order valence-electron chi connectivity index (χ1n) is 4.54. The van der Waals surface area contributed by atoms with Crippen molar-refractivity contribution in [1.29, 1.82) is 0 Å². The topological polar surface area (TPSA) is 61.2 Å². The lowest BCUT2D eigenvalue weighted by atomic mass is 10.3. The molecule has 0 aliphatic heterocycles. The van der Waals surface area contributed by atoms with Gasteiger partial charge in [-0.3, -0.25) is 9.48 Å². The Bertz CT molecular complexity index is 387. The van der Waals surface area contributed by atoms with Gasteiger partial charge in [0, 0.05) is 6.54 Å². The second-order valence-electron chi connectivity index (χ2n) is 2.71. The zero-order chi connectivity index (χ0) is 11.4. The quantitative estimate of drug-likeness (QED) is 0.619. The molecule has 0 saturated carbocycles. The van der Waals surface area contributed by atoms with Gasteiger partial charge in [-0.05, 0) is 29.8 Å². The van der Waals surface area contributed by atoms with Gasteiger partial charge in [0.2, 0.25) is 0 Å². The first-order chi connectivity index (χ1) is 7.15. The largest absolute Gasteiger partial charge is 0.461 e. The molecule has 0 aliphatic carbocycles. The molecule has 0 spiro atoms. The van der Waals surface area contributed by atoms with Crippen LogP contribution in [0.3, 0.4) is 0 Å². The third-order valence-electron chi connectivity index (χ3n) is 1.81. The number of ether oxygens (including phenoxy) is 1. The van der Waals surface area contributed by atoms with Crippen molar-refractivity contribution in [3.8, 4) is 0 Å². The molecule has 82 valence electrons. The second kappa shape index (κ2) is 5.06. The van der Waals surface area contributed by atoms with Gasteiger partial charge in [-0.1, -0.05) is 0 Å². The van der Waals surface area contributed by atoms with Gasteiger partial charge in [0.05, 0.1) is 12.2 Å². The summed E-state index contributed by atoms with van der Waals surface area (Å²) in [6, 6.07) is 0. The lowest BCUT2D eigenvalue weighted by Crippen LogP contribution is -2.08. The first kappa shape index (κ1) is 11.9. The molecule has 1 rings (SSSR count). The van der Waals surface area contributed by atoms with E-state index < -0.39 is 5.97 Å². The van der Waals surface area contributed by atoms with Gasteiger partial charge in [0.1, 0.15) is 4.60 Å². The number of carbonyl (C=O) groups excluding carboxylic acids is 2. The second-order valence-corrected chi connectivity index (χ2v) is 3.46. The van der Waals surface area contributed by atoms with Crippen LogP contribution >= 0.6 is 15.9 Å². The number of carbonyl (C=O) groups is 2. The average molecular weight is 275 g/mol. The van der Waals surface area contributed by atoms with Crippen LogP contribution < -0.4 is 0 Å². The third-order valence-corrected chi connectivity index (χ3v) is 2.65. The van der Waals surface area contributed by atoms with Gasteiger partial charge < -0.3 is 4.74 Å². The third kappa shape index (κ3) is 2.26. The van der Waals surface area contributed by atoms with Crippen LogP contribution in [0.1, 0.15) is 34.7 Å². The van der Waals surface area contributed by atoms with E-state index in [-0.39, 0.29) is 17.9 Å². The Labute approximate surface area is 95.5 Å². The van der Waals surface area contributed by atoms with E-state index in [4.69, 9.17) is 4.74 Å². The van der Waals surface area contributed by atoms with Gasteiger partial charge >= 0.3 is 5.97 Å². The molecule has 6 heteroatoms. The molecule has 1 aromatic rings. The number of rotatable bonds is 4. The van der Waals surface area contributed by atoms with Gasteiger partial charge in [-0.2, -0.15) is 5.10 Å². The lowest BCUT2D eigenvalue weighted by Gasteiger charge is -1.97. The molecule has 1 heterocycles. The van der Waals surface area contributed by atoms with Crippen molar-refractivity contribution in [2.75, 3.05) is 6.61 Å². The molecule has 5 nitrogen and oxygen atoms in total. The Morgan fingerprint density at radius 1 is 1.60 bits per heavy atom. The molecule has 0 aliphatic rings. The average Bonchev–Trinajstić information content (AvgIpc) is 2.55. The highest BCUT2D eigenvalue weighted by molar-refractivity contribution is 9.10. The van der Waals surface area contributed by atoms with Crippen molar-refractivity contribution in [3.63, 3.8) is 0 Å². The number of halogens is 1. The maximum Gasteiger partial charge on any atom is 0.359 e. The van der Waals surface area contributed by atoms with E-state index >= 15 is 0 Å². The Hall–Kier alpha value is -1.17. The summed E-state index contributed by atoms with van der Waals surface area (Å²) in [6.07, 6.45) is 0.593. The molecule has 0 aromatic carbocycles. The van der Waals surface area contributed by atoms with Crippen molar-refractivity contribution in [1.82, 2.24) is 9.78 Å². The number of hydrogen-bond acceptors (Lipinski definition) is 4. The number of nitrogens with zero attached hydrogens (tertiary/aromatic N) is 2. The zero-order valence-corrected chi connectivity index (χ0v) is 10.1. The zero-order valence-electron chi connectivity index (χ0n) is 8.49. The van der Waals surface area contributed by atoms with Crippen molar-refractivity contribution in [2.45, 2.75) is 20.4 Å². The molecule has 0 saturated heterocycles. The van der Waals surface area contributed by atoms with Crippen molar-refractivity contribution in [2.24, 2.45) is 0 Å². The number of aromatic nitrogens is 2. The highest BCUT2D eigenvalue weighted by Crippen LogP contribution is 2.19. The van der Waals surface area contributed by atoms with E-state index in [1.807, 2.05) is 6.92 Å². The minimum absolute atomic E-state index is 0.0561. The number of aryl methyl sites for hydroxylation is 1. The van der Waals surface area contributed by atoms with Gasteiger partial charge in [0.15, 0.2) is 12.0 Å². The summed E-state index contributed by atoms with van der Waals surface area (Å²) in [6.45, 7) is 4.39. The van der Waals surface area contributed by atoms with E-state index in [0.717, 1.165) is 0 Å².